The van der Waals surface area contributed by atoms with E-state index in [1.807, 2.05) is 26.0 Å². The second kappa shape index (κ2) is 9.38. The Balaban J connectivity index is 2.30. The Morgan fingerprint density at radius 3 is 2.07 bits per heavy atom. The van der Waals surface area contributed by atoms with Crippen molar-refractivity contribution in [3.63, 3.8) is 0 Å². The molecule has 0 bridgehead atoms. The number of nitrogens with zero attached hydrogens (tertiary/aromatic N) is 2. The molecule has 2 rings (SSSR count). The number of methoxy groups -OCH3 is 2. The summed E-state index contributed by atoms with van der Waals surface area (Å²) in [5, 5.41) is 0. The summed E-state index contributed by atoms with van der Waals surface area (Å²) in [6, 6.07) is 10.0. The highest BCUT2D eigenvalue weighted by Gasteiger charge is 2.31. The first kappa shape index (κ1) is 23.5. The van der Waals surface area contributed by atoms with Crippen LogP contribution in [-0.4, -0.2) is 52.8 Å². The van der Waals surface area contributed by atoms with Gasteiger partial charge in [-0.2, -0.15) is 0 Å². The number of likely N-dealkylation sites (N-methyl/N-ethyl adjacent to an activating group) is 1. The van der Waals surface area contributed by atoms with Crippen LogP contribution in [0.2, 0.25) is 0 Å². The van der Waals surface area contributed by atoms with Gasteiger partial charge in [0.25, 0.3) is 0 Å². The van der Waals surface area contributed by atoms with E-state index in [1.54, 1.807) is 52.5 Å². The molecule has 2 aromatic carbocycles. The van der Waals surface area contributed by atoms with Gasteiger partial charge in [0, 0.05) is 13.6 Å². The number of anilines is 1. The molecule has 0 aliphatic rings. The zero-order valence-electron chi connectivity index (χ0n) is 18.6. The quantitative estimate of drug-likeness (QED) is 0.638. The molecule has 8 heteroatoms. The van der Waals surface area contributed by atoms with Crippen LogP contribution < -0.4 is 13.8 Å². The molecule has 0 saturated heterocycles. The molecule has 0 N–H and O–H groups in total. The molecule has 2 aromatic rings. The summed E-state index contributed by atoms with van der Waals surface area (Å²) in [5.74, 6) is 0.855. The fraction of sp³-hybridized carbons (Fsp3) is 0.409. The molecule has 30 heavy (non-hydrogen) atoms. The van der Waals surface area contributed by atoms with Gasteiger partial charge in [0.2, 0.25) is 15.9 Å². The summed E-state index contributed by atoms with van der Waals surface area (Å²) < 4.78 is 36.9. The molecule has 0 fully saturated rings. The van der Waals surface area contributed by atoms with Crippen LogP contribution in [0.4, 0.5) is 5.69 Å². The van der Waals surface area contributed by atoms with Gasteiger partial charge >= 0.3 is 0 Å². The Morgan fingerprint density at radius 1 is 1.00 bits per heavy atom. The molecule has 0 heterocycles. The Hall–Kier alpha value is -2.74. The molecule has 0 aliphatic heterocycles. The van der Waals surface area contributed by atoms with Crippen LogP contribution in [0, 0.1) is 13.8 Å². The molecule has 0 aromatic heterocycles. The maximum Gasteiger partial charge on any atom is 0.246 e. The molecular formula is C22H30N2O5S. The largest absolute Gasteiger partial charge is 0.493 e. The first-order valence-electron chi connectivity index (χ1n) is 9.51. The van der Waals surface area contributed by atoms with E-state index in [1.165, 1.54) is 9.21 Å². The third-order valence-electron chi connectivity index (χ3n) is 4.77. The van der Waals surface area contributed by atoms with Crippen LogP contribution in [0.15, 0.2) is 36.4 Å². The van der Waals surface area contributed by atoms with Gasteiger partial charge < -0.3 is 14.4 Å². The van der Waals surface area contributed by atoms with Crippen LogP contribution in [0.25, 0.3) is 0 Å². The number of sulfonamides is 1. The Bertz CT molecular complexity index is 1000. The molecular weight excluding hydrogens is 404 g/mol. The Kier molecular flexibility index (Phi) is 7.36. The third kappa shape index (κ3) is 5.44. The zero-order valence-corrected chi connectivity index (χ0v) is 19.4. The van der Waals surface area contributed by atoms with Crippen molar-refractivity contribution >= 4 is 21.6 Å². The summed E-state index contributed by atoms with van der Waals surface area (Å²) in [6.07, 6.45) is 1.11. The van der Waals surface area contributed by atoms with E-state index in [-0.39, 0.29) is 5.91 Å². The molecule has 1 amide bonds. The van der Waals surface area contributed by atoms with Crippen LogP contribution >= 0.6 is 0 Å². The number of carbonyl (C=O) groups is 1. The zero-order chi connectivity index (χ0) is 22.6. The van der Waals surface area contributed by atoms with Gasteiger partial charge in [-0.1, -0.05) is 12.1 Å². The predicted molar refractivity (Wildman–Crippen MR) is 119 cm³/mol. The number of hydrogen-bond donors (Lipinski definition) is 0. The number of carbonyl (C=O) groups excluding carboxylic acids is 1. The van der Waals surface area contributed by atoms with E-state index in [0.717, 1.165) is 22.9 Å². The molecule has 0 radical (unpaired) electrons. The average molecular weight is 435 g/mol. The summed E-state index contributed by atoms with van der Waals surface area (Å²) >= 11 is 0. The third-order valence-corrected chi connectivity index (χ3v) is 6.01. The number of aryl methyl sites for hydroxylation is 2. The SMILES string of the molecule is COc1ccc(CN(C)C(=O)[C@@H](C)N(c2cc(C)cc(C)c2)S(C)(=O)=O)cc1OC. The van der Waals surface area contributed by atoms with E-state index >= 15 is 0 Å². The van der Waals surface area contributed by atoms with Crippen molar-refractivity contribution in [2.75, 3.05) is 31.8 Å². The van der Waals surface area contributed by atoms with Crippen LogP contribution in [-0.2, 0) is 21.4 Å². The van der Waals surface area contributed by atoms with Crippen molar-refractivity contribution in [1.82, 2.24) is 4.90 Å². The monoisotopic (exact) mass is 434 g/mol. The van der Waals surface area contributed by atoms with Crippen LogP contribution in [0.3, 0.4) is 0 Å². The van der Waals surface area contributed by atoms with Crippen LogP contribution in [0.1, 0.15) is 23.6 Å². The van der Waals surface area contributed by atoms with E-state index in [9.17, 15) is 13.2 Å². The lowest BCUT2D eigenvalue weighted by molar-refractivity contribution is -0.131. The normalized spacial score (nSPS) is 12.2. The van der Waals surface area contributed by atoms with Crippen molar-refractivity contribution < 1.29 is 22.7 Å². The van der Waals surface area contributed by atoms with Gasteiger partial charge in [0.15, 0.2) is 11.5 Å². The van der Waals surface area contributed by atoms with Crippen molar-refractivity contribution in [1.29, 1.82) is 0 Å². The van der Waals surface area contributed by atoms with E-state index in [2.05, 4.69) is 0 Å². The topological polar surface area (TPSA) is 76.2 Å². The van der Waals surface area contributed by atoms with Crippen molar-refractivity contribution in [2.24, 2.45) is 0 Å². The summed E-state index contributed by atoms with van der Waals surface area (Å²) in [6.45, 7) is 5.69. The number of ether oxygens (including phenoxy) is 2. The minimum atomic E-state index is -3.67. The number of rotatable bonds is 8. The van der Waals surface area contributed by atoms with Gasteiger partial charge in [-0.3, -0.25) is 9.10 Å². The first-order valence-corrected chi connectivity index (χ1v) is 11.4. The van der Waals surface area contributed by atoms with Gasteiger partial charge in [0.05, 0.1) is 26.2 Å². The summed E-state index contributed by atoms with van der Waals surface area (Å²) in [5.41, 5.74) is 3.18. The van der Waals surface area contributed by atoms with Crippen molar-refractivity contribution in [3.8, 4) is 11.5 Å². The second-order valence-electron chi connectivity index (χ2n) is 7.46. The van der Waals surface area contributed by atoms with Crippen molar-refractivity contribution in [3.05, 3.63) is 53.1 Å². The molecule has 0 spiro atoms. The lowest BCUT2D eigenvalue weighted by atomic mass is 10.1. The molecule has 7 nitrogen and oxygen atoms in total. The van der Waals surface area contributed by atoms with Crippen molar-refractivity contribution in [2.45, 2.75) is 33.4 Å². The second-order valence-corrected chi connectivity index (χ2v) is 9.32. The number of hydrogen-bond acceptors (Lipinski definition) is 5. The minimum absolute atomic E-state index is 0.300. The number of amides is 1. The molecule has 164 valence electrons. The van der Waals surface area contributed by atoms with Gasteiger partial charge in [0.1, 0.15) is 6.04 Å². The summed E-state index contributed by atoms with van der Waals surface area (Å²) in [4.78, 5) is 14.6. The van der Waals surface area contributed by atoms with Gasteiger partial charge in [-0.15, -0.1) is 0 Å². The Labute approximate surface area is 179 Å². The summed E-state index contributed by atoms with van der Waals surface area (Å²) in [7, 11) is 1.08. The van der Waals surface area contributed by atoms with E-state index < -0.39 is 16.1 Å². The maximum absolute atomic E-state index is 13.1. The average Bonchev–Trinajstić information content (AvgIpc) is 2.65. The minimum Gasteiger partial charge on any atom is -0.493 e. The van der Waals surface area contributed by atoms with Gasteiger partial charge in [-0.05, 0) is 61.7 Å². The lowest BCUT2D eigenvalue weighted by Crippen LogP contribution is -2.48. The standard InChI is InChI=1S/C22H30N2O5S/c1-15-10-16(2)12-19(11-15)24(30(7,26)27)17(3)22(25)23(4)14-18-8-9-20(28-5)21(13-18)29-6/h8-13,17H,14H2,1-7H3/t17-/m1/s1. The smallest absolute Gasteiger partial charge is 0.246 e. The van der Waals surface area contributed by atoms with Crippen LogP contribution in [0.5, 0.6) is 11.5 Å². The van der Waals surface area contributed by atoms with Gasteiger partial charge in [-0.25, -0.2) is 8.42 Å². The molecule has 0 aliphatic carbocycles. The van der Waals surface area contributed by atoms with E-state index in [0.29, 0.717) is 23.7 Å². The number of benzene rings is 2. The fourth-order valence-electron chi connectivity index (χ4n) is 3.53. The molecule has 0 unspecified atom stereocenters. The fourth-order valence-corrected chi connectivity index (χ4v) is 4.68. The lowest BCUT2D eigenvalue weighted by Gasteiger charge is -2.31. The predicted octanol–water partition coefficient (Wildman–Crippen LogP) is 3.13. The molecule has 0 saturated carbocycles. The highest BCUT2D eigenvalue weighted by atomic mass is 32.2. The Morgan fingerprint density at radius 2 is 1.57 bits per heavy atom. The highest BCUT2D eigenvalue weighted by Crippen LogP contribution is 2.28. The highest BCUT2D eigenvalue weighted by molar-refractivity contribution is 7.92. The van der Waals surface area contributed by atoms with E-state index in [4.69, 9.17) is 9.47 Å². The first-order chi connectivity index (χ1) is 14.0. The maximum atomic E-state index is 13.1. The molecule has 1 atom stereocenters.